The summed E-state index contributed by atoms with van der Waals surface area (Å²) in [4.78, 5) is 29.2. The van der Waals surface area contributed by atoms with E-state index >= 15 is 0 Å². The first kappa shape index (κ1) is 25.8. The number of carbonyl (C=O) groups excluding carboxylic acids is 2. The molecule has 1 atom stereocenters. The van der Waals surface area contributed by atoms with Gasteiger partial charge in [-0.05, 0) is 56.7 Å². The summed E-state index contributed by atoms with van der Waals surface area (Å²) in [5, 5.41) is 24.3. The van der Waals surface area contributed by atoms with Crippen LogP contribution in [0.1, 0.15) is 59.8 Å². The molecular weight excluding hydrogens is 469 g/mol. The standard InChI is InChI=1S/C23H27F3N4O3S/c1-14(9-18(27)15-5-7-22(33,8-6-15)19-11-28-13-34-19)30-20(31)12-29-21(32)16-3-2-4-17(10-16)23(24,25)26/h2-4,10-11,13-15,27,33H,5-9,12H2,1H3,(H,29,32)(H,30,31)/t14-,15?,22?/m1/s1. The molecule has 0 bridgehead atoms. The SMILES string of the molecule is C[C@H](CC(=N)C1CCC(O)(c2cncs2)CC1)NC(=O)CNC(=O)c1cccc(C(F)(F)F)c1. The van der Waals surface area contributed by atoms with Crippen LogP contribution in [0.2, 0.25) is 0 Å². The second kappa shape index (κ2) is 10.6. The number of hydrogen-bond donors (Lipinski definition) is 4. The Hall–Kier alpha value is -2.79. The zero-order chi connectivity index (χ0) is 24.9. The maximum Gasteiger partial charge on any atom is 0.416 e. The third kappa shape index (κ3) is 6.63. The Morgan fingerprint density at radius 2 is 2.03 bits per heavy atom. The van der Waals surface area contributed by atoms with Crippen molar-refractivity contribution in [3.05, 3.63) is 52.0 Å². The van der Waals surface area contributed by atoms with Crippen molar-refractivity contribution < 1.29 is 27.9 Å². The van der Waals surface area contributed by atoms with Crippen LogP contribution in [0.4, 0.5) is 13.2 Å². The van der Waals surface area contributed by atoms with Gasteiger partial charge in [0, 0.05) is 29.9 Å². The average Bonchev–Trinajstić information content (AvgIpc) is 3.33. The summed E-state index contributed by atoms with van der Waals surface area (Å²) < 4.78 is 38.4. The van der Waals surface area contributed by atoms with Gasteiger partial charge >= 0.3 is 6.18 Å². The molecule has 3 rings (SSSR count). The quantitative estimate of drug-likeness (QED) is 0.415. The summed E-state index contributed by atoms with van der Waals surface area (Å²) in [6.45, 7) is 1.36. The molecule has 34 heavy (non-hydrogen) atoms. The number of alkyl halides is 3. The highest BCUT2D eigenvalue weighted by molar-refractivity contribution is 7.09. The number of benzene rings is 1. The van der Waals surface area contributed by atoms with Gasteiger partial charge in [-0.25, -0.2) is 0 Å². The number of nitrogens with one attached hydrogen (secondary N) is 3. The van der Waals surface area contributed by atoms with Gasteiger partial charge in [-0.3, -0.25) is 14.6 Å². The number of nitrogens with zero attached hydrogens (tertiary/aromatic N) is 1. The van der Waals surface area contributed by atoms with E-state index in [1.54, 1.807) is 18.6 Å². The fraction of sp³-hybridized carbons (Fsp3) is 0.478. The topological polar surface area (TPSA) is 115 Å². The van der Waals surface area contributed by atoms with Crippen LogP contribution < -0.4 is 10.6 Å². The van der Waals surface area contributed by atoms with Gasteiger partial charge in [-0.2, -0.15) is 13.2 Å². The number of rotatable bonds is 8. The molecule has 4 N–H and O–H groups in total. The van der Waals surface area contributed by atoms with E-state index in [0.29, 0.717) is 37.8 Å². The highest BCUT2D eigenvalue weighted by Crippen LogP contribution is 2.41. The number of amides is 2. The Balaban J connectivity index is 1.42. The van der Waals surface area contributed by atoms with E-state index in [-0.39, 0.29) is 17.5 Å². The summed E-state index contributed by atoms with van der Waals surface area (Å²) >= 11 is 1.42. The van der Waals surface area contributed by atoms with Crippen molar-refractivity contribution in [1.29, 1.82) is 5.41 Å². The molecule has 7 nitrogen and oxygen atoms in total. The van der Waals surface area contributed by atoms with Gasteiger partial charge in [0.1, 0.15) is 5.60 Å². The number of thiazole rings is 1. The highest BCUT2D eigenvalue weighted by atomic mass is 32.1. The Bertz CT molecular complexity index is 1020. The Morgan fingerprint density at radius 3 is 2.65 bits per heavy atom. The molecule has 0 unspecified atom stereocenters. The van der Waals surface area contributed by atoms with Crippen molar-refractivity contribution in [3.63, 3.8) is 0 Å². The van der Waals surface area contributed by atoms with Crippen LogP contribution >= 0.6 is 11.3 Å². The fourth-order valence-corrected chi connectivity index (χ4v) is 4.89. The first-order valence-corrected chi connectivity index (χ1v) is 11.8. The minimum atomic E-state index is -4.56. The normalized spacial score (nSPS) is 21.5. The van der Waals surface area contributed by atoms with Gasteiger partial charge in [-0.15, -0.1) is 11.3 Å². The van der Waals surface area contributed by atoms with Crippen molar-refractivity contribution in [2.75, 3.05) is 6.54 Å². The largest absolute Gasteiger partial charge is 0.416 e. The Morgan fingerprint density at radius 1 is 1.32 bits per heavy atom. The highest BCUT2D eigenvalue weighted by Gasteiger charge is 2.37. The van der Waals surface area contributed by atoms with E-state index in [0.717, 1.165) is 23.1 Å². The molecule has 1 aliphatic carbocycles. The zero-order valence-corrected chi connectivity index (χ0v) is 19.4. The monoisotopic (exact) mass is 496 g/mol. The lowest BCUT2D eigenvalue weighted by Gasteiger charge is -2.35. The second-order valence-corrected chi connectivity index (χ2v) is 9.52. The zero-order valence-electron chi connectivity index (χ0n) is 18.6. The number of halogens is 3. The van der Waals surface area contributed by atoms with Gasteiger partial charge < -0.3 is 21.1 Å². The molecule has 0 saturated heterocycles. The predicted octanol–water partition coefficient (Wildman–Crippen LogP) is 3.88. The lowest BCUT2D eigenvalue weighted by molar-refractivity contribution is -0.137. The summed E-state index contributed by atoms with van der Waals surface area (Å²) in [5.74, 6) is -1.26. The Labute approximate surface area is 199 Å². The van der Waals surface area contributed by atoms with Crippen molar-refractivity contribution in [3.8, 4) is 0 Å². The van der Waals surface area contributed by atoms with E-state index in [1.165, 1.54) is 17.4 Å². The van der Waals surface area contributed by atoms with E-state index in [4.69, 9.17) is 5.41 Å². The summed E-state index contributed by atoms with van der Waals surface area (Å²) in [7, 11) is 0. The first-order valence-electron chi connectivity index (χ1n) is 10.9. The molecule has 184 valence electrons. The van der Waals surface area contributed by atoms with Gasteiger partial charge in [0.15, 0.2) is 0 Å². The molecule has 2 aromatic rings. The lowest BCUT2D eigenvalue weighted by atomic mass is 9.75. The number of carbonyl (C=O) groups is 2. The van der Waals surface area contributed by atoms with Crippen LogP contribution in [0.15, 0.2) is 36.0 Å². The molecule has 1 saturated carbocycles. The van der Waals surface area contributed by atoms with Gasteiger partial charge in [-0.1, -0.05) is 6.07 Å². The minimum Gasteiger partial charge on any atom is -0.384 e. The molecule has 1 aromatic carbocycles. The molecule has 1 aromatic heterocycles. The van der Waals surface area contributed by atoms with Gasteiger partial charge in [0.25, 0.3) is 5.91 Å². The predicted molar refractivity (Wildman–Crippen MR) is 122 cm³/mol. The third-order valence-electron chi connectivity index (χ3n) is 5.99. The van der Waals surface area contributed by atoms with E-state index < -0.39 is 35.7 Å². The van der Waals surface area contributed by atoms with Crippen molar-refractivity contribution in [1.82, 2.24) is 15.6 Å². The minimum absolute atomic E-state index is 0.0214. The number of hydrogen-bond acceptors (Lipinski definition) is 6. The maximum absolute atomic E-state index is 12.8. The van der Waals surface area contributed by atoms with Crippen LogP contribution in [0.5, 0.6) is 0 Å². The van der Waals surface area contributed by atoms with E-state index in [9.17, 15) is 27.9 Å². The molecule has 1 heterocycles. The lowest BCUT2D eigenvalue weighted by Crippen LogP contribution is -2.42. The van der Waals surface area contributed by atoms with Crippen molar-refractivity contribution in [2.24, 2.45) is 5.92 Å². The molecule has 0 aliphatic heterocycles. The fourth-order valence-electron chi connectivity index (χ4n) is 4.11. The number of aromatic nitrogens is 1. The van der Waals surface area contributed by atoms with Gasteiger partial charge in [0.05, 0.1) is 22.5 Å². The second-order valence-electron chi connectivity index (χ2n) is 8.63. The molecule has 0 radical (unpaired) electrons. The summed E-state index contributed by atoms with van der Waals surface area (Å²) in [5.41, 5.74) is 0.161. The molecule has 11 heteroatoms. The molecule has 0 spiro atoms. The molecule has 1 fully saturated rings. The smallest absolute Gasteiger partial charge is 0.384 e. The third-order valence-corrected chi connectivity index (χ3v) is 6.96. The van der Waals surface area contributed by atoms with Crippen molar-refractivity contribution in [2.45, 2.75) is 56.8 Å². The van der Waals surface area contributed by atoms with E-state index in [1.807, 2.05) is 0 Å². The maximum atomic E-state index is 12.8. The average molecular weight is 497 g/mol. The first-order chi connectivity index (χ1) is 16.0. The van der Waals surface area contributed by atoms with Crippen molar-refractivity contribution >= 4 is 28.9 Å². The van der Waals surface area contributed by atoms with Crippen LogP contribution in [0, 0.1) is 11.3 Å². The Kier molecular flexibility index (Phi) is 8.09. The van der Waals surface area contributed by atoms with Crippen LogP contribution in [0.25, 0.3) is 0 Å². The molecular formula is C23H27F3N4O3S. The van der Waals surface area contributed by atoms with Crippen LogP contribution in [-0.2, 0) is 16.6 Å². The van der Waals surface area contributed by atoms with Crippen LogP contribution in [-0.4, -0.2) is 40.2 Å². The number of aliphatic hydroxyl groups is 1. The molecule has 2 amide bonds. The van der Waals surface area contributed by atoms with Crippen LogP contribution in [0.3, 0.4) is 0 Å². The summed E-state index contributed by atoms with van der Waals surface area (Å²) in [6.07, 6.45) is -0.126. The summed E-state index contributed by atoms with van der Waals surface area (Å²) in [6, 6.07) is 3.62. The van der Waals surface area contributed by atoms with E-state index in [2.05, 4.69) is 15.6 Å². The molecule has 1 aliphatic rings. The van der Waals surface area contributed by atoms with Gasteiger partial charge in [0.2, 0.25) is 5.91 Å².